The van der Waals surface area contributed by atoms with Gasteiger partial charge in [-0.05, 0) is 36.2 Å². The number of carbonyl (C=O) groups is 1. The van der Waals surface area contributed by atoms with Gasteiger partial charge in [0.15, 0.2) is 0 Å². The van der Waals surface area contributed by atoms with Gasteiger partial charge in [-0.15, -0.1) is 0 Å². The van der Waals surface area contributed by atoms with Crippen molar-refractivity contribution in [3.8, 4) is 5.75 Å². The quantitative estimate of drug-likeness (QED) is 0.727. The Morgan fingerprint density at radius 2 is 2.18 bits per heavy atom. The molecule has 0 aromatic heterocycles. The Labute approximate surface area is 101 Å². The van der Waals surface area contributed by atoms with E-state index in [0.29, 0.717) is 13.0 Å². The molecular formula is C13H16N2O2. The largest absolute Gasteiger partial charge is 0.491 e. The summed E-state index contributed by atoms with van der Waals surface area (Å²) in [5, 5.41) is 3.35. The molecule has 0 spiro atoms. The second kappa shape index (κ2) is 4.04. The van der Waals surface area contributed by atoms with E-state index in [0.717, 1.165) is 30.9 Å². The zero-order chi connectivity index (χ0) is 11.8. The Morgan fingerprint density at radius 1 is 1.29 bits per heavy atom. The third kappa shape index (κ3) is 1.78. The molecule has 90 valence electrons. The maximum atomic E-state index is 11.8. The van der Waals surface area contributed by atoms with Crippen LogP contribution in [-0.4, -0.2) is 26.1 Å². The van der Waals surface area contributed by atoms with Crippen molar-refractivity contribution in [2.24, 2.45) is 0 Å². The highest BCUT2D eigenvalue weighted by atomic mass is 16.5. The standard InChI is InChI=1S/C13H16N2O2/c1-15-11-6-10-8-14-4-2-9(10)7-12(11)17-5-3-13(15)16/h6-7,14H,2-5,8H2,1H3. The average Bonchev–Trinajstić information content (AvgIpc) is 2.48. The molecular weight excluding hydrogens is 216 g/mol. The van der Waals surface area contributed by atoms with E-state index >= 15 is 0 Å². The van der Waals surface area contributed by atoms with Gasteiger partial charge in [-0.1, -0.05) is 0 Å². The summed E-state index contributed by atoms with van der Waals surface area (Å²) in [6.07, 6.45) is 1.48. The number of amides is 1. The number of hydrogen-bond acceptors (Lipinski definition) is 3. The maximum absolute atomic E-state index is 11.8. The Morgan fingerprint density at radius 3 is 3.06 bits per heavy atom. The number of rotatable bonds is 0. The zero-order valence-electron chi connectivity index (χ0n) is 9.95. The van der Waals surface area contributed by atoms with E-state index in [4.69, 9.17) is 4.74 Å². The molecule has 2 aliphatic rings. The van der Waals surface area contributed by atoms with Crippen LogP contribution in [0.15, 0.2) is 12.1 Å². The van der Waals surface area contributed by atoms with Crippen molar-refractivity contribution in [3.05, 3.63) is 23.3 Å². The molecule has 0 radical (unpaired) electrons. The smallest absolute Gasteiger partial charge is 0.230 e. The number of ether oxygens (including phenoxy) is 1. The van der Waals surface area contributed by atoms with Crippen LogP contribution in [0.2, 0.25) is 0 Å². The molecule has 0 atom stereocenters. The molecule has 2 aliphatic heterocycles. The second-order valence-electron chi connectivity index (χ2n) is 4.57. The van der Waals surface area contributed by atoms with Crippen LogP contribution in [-0.2, 0) is 17.8 Å². The van der Waals surface area contributed by atoms with Crippen molar-refractivity contribution in [1.29, 1.82) is 0 Å². The molecule has 2 heterocycles. The molecule has 0 bridgehead atoms. The number of hydrogen-bond donors (Lipinski definition) is 1. The van der Waals surface area contributed by atoms with Gasteiger partial charge in [0.05, 0.1) is 18.7 Å². The SMILES string of the molecule is CN1C(=O)CCOc2cc3c(cc21)CNCC3. The van der Waals surface area contributed by atoms with Crippen molar-refractivity contribution in [1.82, 2.24) is 5.32 Å². The lowest BCUT2D eigenvalue weighted by atomic mass is 9.99. The van der Waals surface area contributed by atoms with E-state index in [2.05, 4.69) is 17.4 Å². The lowest BCUT2D eigenvalue weighted by molar-refractivity contribution is -0.118. The van der Waals surface area contributed by atoms with Crippen LogP contribution >= 0.6 is 0 Å². The summed E-state index contributed by atoms with van der Waals surface area (Å²) in [6, 6.07) is 4.18. The minimum Gasteiger partial charge on any atom is -0.491 e. The molecule has 17 heavy (non-hydrogen) atoms. The normalized spacial score (nSPS) is 19.1. The van der Waals surface area contributed by atoms with Gasteiger partial charge in [0.2, 0.25) is 5.91 Å². The summed E-state index contributed by atoms with van der Waals surface area (Å²) >= 11 is 0. The van der Waals surface area contributed by atoms with Crippen LogP contribution in [0.1, 0.15) is 17.5 Å². The number of nitrogens with one attached hydrogen (secondary N) is 1. The second-order valence-corrected chi connectivity index (χ2v) is 4.57. The topological polar surface area (TPSA) is 41.6 Å². The molecule has 0 saturated carbocycles. The maximum Gasteiger partial charge on any atom is 0.230 e. The van der Waals surface area contributed by atoms with Gasteiger partial charge in [0.1, 0.15) is 5.75 Å². The van der Waals surface area contributed by atoms with Crippen LogP contribution in [0.5, 0.6) is 5.75 Å². The van der Waals surface area contributed by atoms with E-state index in [-0.39, 0.29) is 5.91 Å². The third-order valence-corrected chi connectivity index (χ3v) is 3.48. The first-order chi connectivity index (χ1) is 8.25. The van der Waals surface area contributed by atoms with Crippen LogP contribution in [0, 0.1) is 0 Å². The zero-order valence-corrected chi connectivity index (χ0v) is 9.95. The van der Waals surface area contributed by atoms with Gasteiger partial charge >= 0.3 is 0 Å². The van der Waals surface area contributed by atoms with Gasteiger partial charge in [-0.25, -0.2) is 0 Å². The molecule has 1 aromatic rings. The average molecular weight is 232 g/mol. The molecule has 3 rings (SSSR count). The molecule has 0 unspecified atom stereocenters. The molecule has 0 fully saturated rings. The van der Waals surface area contributed by atoms with Crippen molar-refractivity contribution < 1.29 is 9.53 Å². The lowest BCUT2D eigenvalue weighted by Crippen LogP contribution is -2.27. The van der Waals surface area contributed by atoms with E-state index in [1.54, 1.807) is 4.90 Å². The van der Waals surface area contributed by atoms with E-state index in [9.17, 15) is 4.79 Å². The summed E-state index contributed by atoms with van der Waals surface area (Å²) in [5.74, 6) is 0.964. The monoisotopic (exact) mass is 232 g/mol. The van der Waals surface area contributed by atoms with Gasteiger partial charge < -0.3 is 15.0 Å². The number of nitrogens with zero attached hydrogens (tertiary/aromatic N) is 1. The van der Waals surface area contributed by atoms with Crippen LogP contribution in [0.3, 0.4) is 0 Å². The van der Waals surface area contributed by atoms with Crippen molar-refractivity contribution in [2.75, 3.05) is 25.1 Å². The minimum absolute atomic E-state index is 0.118. The number of anilines is 1. The van der Waals surface area contributed by atoms with Crippen molar-refractivity contribution >= 4 is 11.6 Å². The van der Waals surface area contributed by atoms with Crippen molar-refractivity contribution in [3.63, 3.8) is 0 Å². The fraction of sp³-hybridized carbons (Fsp3) is 0.462. The summed E-state index contributed by atoms with van der Waals surface area (Å²) in [4.78, 5) is 13.5. The van der Waals surface area contributed by atoms with E-state index in [1.165, 1.54) is 11.1 Å². The number of benzene rings is 1. The summed E-state index contributed by atoms with van der Waals surface area (Å²) in [6.45, 7) is 2.37. The van der Waals surface area contributed by atoms with Gasteiger partial charge in [-0.3, -0.25) is 4.79 Å². The highest BCUT2D eigenvalue weighted by Gasteiger charge is 2.22. The lowest BCUT2D eigenvalue weighted by Gasteiger charge is -2.22. The molecule has 4 heteroatoms. The first kappa shape index (κ1) is 10.6. The number of fused-ring (bicyclic) bond motifs is 2. The minimum atomic E-state index is 0.118. The van der Waals surface area contributed by atoms with E-state index < -0.39 is 0 Å². The van der Waals surface area contributed by atoms with Crippen molar-refractivity contribution in [2.45, 2.75) is 19.4 Å². The third-order valence-electron chi connectivity index (χ3n) is 3.48. The van der Waals surface area contributed by atoms with Crippen LogP contribution < -0.4 is 15.0 Å². The van der Waals surface area contributed by atoms with Gasteiger partial charge in [0.25, 0.3) is 0 Å². The molecule has 4 nitrogen and oxygen atoms in total. The summed E-state index contributed by atoms with van der Waals surface area (Å²) < 4.78 is 5.67. The van der Waals surface area contributed by atoms with Crippen LogP contribution in [0.4, 0.5) is 5.69 Å². The Hall–Kier alpha value is -1.55. The van der Waals surface area contributed by atoms with Gasteiger partial charge in [0, 0.05) is 13.6 Å². The first-order valence-electron chi connectivity index (χ1n) is 6.01. The molecule has 0 aliphatic carbocycles. The highest BCUT2D eigenvalue weighted by molar-refractivity contribution is 5.95. The number of carbonyl (C=O) groups excluding carboxylic acids is 1. The van der Waals surface area contributed by atoms with Crippen LogP contribution in [0.25, 0.3) is 0 Å². The Balaban J connectivity index is 2.09. The highest BCUT2D eigenvalue weighted by Crippen LogP contribution is 2.34. The Kier molecular flexibility index (Phi) is 2.52. The predicted molar refractivity (Wildman–Crippen MR) is 65.4 cm³/mol. The molecule has 0 saturated heterocycles. The fourth-order valence-electron chi connectivity index (χ4n) is 2.43. The Bertz CT molecular complexity index is 471. The van der Waals surface area contributed by atoms with Gasteiger partial charge in [-0.2, -0.15) is 0 Å². The summed E-state index contributed by atoms with van der Waals surface area (Å²) in [5.41, 5.74) is 3.51. The summed E-state index contributed by atoms with van der Waals surface area (Å²) in [7, 11) is 1.82. The predicted octanol–water partition coefficient (Wildman–Crippen LogP) is 1.08. The first-order valence-corrected chi connectivity index (χ1v) is 6.01. The molecule has 1 aromatic carbocycles. The fourth-order valence-corrected chi connectivity index (χ4v) is 2.43. The molecule has 1 amide bonds. The molecule has 1 N–H and O–H groups in total. The van der Waals surface area contributed by atoms with E-state index in [1.807, 2.05) is 7.05 Å².